The Balaban J connectivity index is 1.80. The molecule has 0 saturated heterocycles. The summed E-state index contributed by atoms with van der Waals surface area (Å²) < 4.78 is 46.5. The highest BCUT2D eigenvalue weighted by Gasteiger charge is 2.25. The summed E-state index contributed by atoms with van der Waals surface area (Å²) in [6.07, 6.45) is 8.63. The van der Waals surface area contributed by atoms with E-state index in [-0.39, 0.29) is 4.90 Å². The zero-order chi connectivity index (χ0) is 23.7. The molecule has 0 amide bonds. The minimum absolute atomic E-state index is 0.0453. The predicted molar refractivity (Wildman–Crippen MR) is 134 cm³/mol. The molecule has 0 unspecified atom stereocenters. The molecule has 0 radical (unpaired) electrons. The standard InChI is InChI=1S/C28H25FN2O2S/c1-20-26(21-10-4-2-5-11-21)25-14-8-9-19-31(25)28(20)27(22-12-6-3-7-13-22)30-34(32,33)24-17-15-23(29)16-18-24/h3,6-10,12-19H,2,4-5,11H2,1H3/b30-27+. The molecule has 2 aromatic heterocycles. The number of halogens is 1. The highest BCUT2D eigenvalue weighted by atomic mass is 32.2. The molecular formula is C28H25FN2O2S. The number of benzene rings is 2. The van der Waals surface area contributed by atoms with Gasteiger partial charge < -0.3 is 4.40 Å². The third-order valence-electron chi connectivity index (χ3n) is 6.29. The summed E-state index contributed by atoms with van der Waals surface area (Å²) in [5.74, 6) is -0.495. The second-order valence-corrected chi connectivity index (χ2v) is 10.1. The van der Waals surface area contributed by atoms with Crippen molar-refractivity contribution >= 4 is 26.8 Å². The Morgan fingerprint density at radius 1 is 0.941 bits per heavy atom. The molecule has 2 aromatic carbocycles. The first-order valence-corrected chi connectivity index (χ1v) is 12.8. The molecule has 0 atom stereocenters. The molecule has 1 aliphatic rings. The van der Waals surface area contributed by atoms with Crippen LogP contribution in [0.3, 0.4) is 0 Å². The van der Waals surface area contributed by atoms with E-state index in [0.717, 1.165) is 53.7 Å². The van der Waals surface area contributed by atoms with Gasteiger partial charge >= 0.3 is 0 Å². The number of aromatic nitrogens is 1. The molecule has 6 heteroatoms. The van der Waals surface area contributed by atoms with Gasteiger partial charge in [-0.05, 0) is 80.1 Å². The molecule has 0 bridgehead atoms. The van der Waals surface area contributed by atoms with E-state index in [1.54, 1.807) is 0 Å². The first-order valence-electron chi connectivity index (χ1n) is 11.4. The molecule has 172 valence electrons. The van der Waals surface area contributed by atoms with Gasteiger partial charge in [0, 0.05) is 17.3 Å². The third-order valence-corrected chi connectivity index (χ3v) is 7.58. The summed E-state index contributed by atoms with van der Waals surface area (Å²) in [7, 11) is -4.08. The van der Waals surface area contributed by atoms with Crippen molar-refractivity contribution in [1.29, 1.82) is 0 Å². The molecular weight excluding hydrogens is 447 g/mol. The lowest BCUT2D eigenvalue weighted by atomic mass is 9.91. The highest BCUT2D eigenvalue weighted by Crippen LogP contribution is 2.36. The van der Waals surface area contributed by atoms with Crippen molar-refractivity contribution in [2.75, 3.05) is 0 Å². The van der Waals surface area contributed by atoms with Gasteiger partial charge in [-0.25, -0.2) is 4.39 Å². The summed E-state index contributed by atoms with van der Waals surface area (Å²) in [6, 6.07) is 20.1. The first-order chi connectivity index (χ1) is 16.5. The molecule has 0 spiro atoms. The van der Waals surface area contributed by atoms with Crippen LogP contribution >= 0.6 is 0 Å². The van der Waals surface area contributed by atoms with Crippen LogP contribution in [0.5, 0.6) is 0 Å². The second-order valence-electron chi connectivity index (χ2n) is 8.51. The molecule has 4 nitrogen and oxygen atoms in total. The van der Waals surface area contributed by atoms with E-state index in [4.69, 9.17) is 0 Å². The smallest absolute Gasteiger partial charge is 0.282 e. The SMILES string of the molecule is Cc1c(C2=CCCCC2)c2ccccn2c1/C(=N/S(=O)(=O)c1ccc(F)cc1)c1ccccc1. The average Bonchev–Trinajstić information content (AvgIpc) is 3.15. The topological polar surface area (TPSA) is 50.9 Å². The number of allylic oxidation sites excluding steroid dienone is 2. The van der Waals surface area contributed by atoms with Crippen LogP contribution < -0.4 is 0 Å². The van der Waals surface area contributed by atoms with E-state index >= 15 is 0 Å². The van der Waals surface area contributed by atoms with Crippen LogP contribution in [0.4, 0.5) is 4.39 Å². The van der Waals surface area contributed by atoms with Gasteiger partial charge in [0.1, 0.15) is 11.5 Å². The van der Waals surface area contributed by atoms with E-state index in [1.165, 1.54) is 24.1 Å². The lowest BCUT2D eigenvalue weighted by Crippen LogP contribution is -2.12. The van der Waals surface area contributed by atoms with E-state index in [1.807, 2.05) is 60.0 Å². The molecule has 0 saturated carbocycles. The zero-order valence-electron chi connectivity index (χ0n) is 18.9. The number of pyridine rings is 1. The van der Waals surface area contributed by atoms with Crippen LogP contribution in [-0.4, -0.2) is 18.5 Å². The Morgan fingerprint density at radius 2 is 1.68 bits per heavy atom. The number of sulfonamides is 1. The van der Waals surface area contributed by atoms with Gasteiger partial charge in [0.25, 0.3) is 10.0 Å². The average molecular weight is 473 g/mol. The van der Waals surface area contributed by atoms with E-state index in [9.17, 15) is 12.8 Å². The zero-order valence-corrected chi connectivity index (χ0v) is 19.7. The summed E-state index contributed by atoms with van der Waals surface area (Å²) >= 11 is 0. The normalized spacial score (nSPS) is 14.9. The molecule has 1 aliphatic carbocycles. The number of nitrogens with zero attached hydrogens (tertiary/aromatic N) is 2. The summed E-state index contributed by atoms with van der Waals surface area (Å²) in [4.78, 5) is -0.0453. The van der Waals surface area contributed by atoms with Crippen LogP contribution in [0.25, 0.3) is 11.1 Å². The van der Waals surface area contributed by atoms with Crippen LogP contribution in [0.1, 0.15) is 48.1 Å². The van der Waals surface area contributed by atoms with Gasteiger partial charge in [-0.2, -0.15) is 12.8 Å². The number of hydrogen-bond acceptors (Lipinski definition) is 2. The van der Waals surface area contributed by atoms with Crippen molar-refractivity contribution in [3.63, 3.8) is 0 Å². The van der Waals surface area contributed by atoms with Gasteiger partial charge in [-0.15, -0.1) is 0 Å². The monoisotopic (exact) mass is 472 g/mol. The molecule has 0 N–H and O–H groups in total. The van der Waals surface area contributed by atoms with Crippen molar-refractivity contribution in [2.24, 2.45) is 4.40 Å². The fourth-order valence-corrected chi connectivity index (χ4v) is 5.72. The van der Waals surface area contributed by atoms with E-state index in [2.05, 4.69) is 16.5 Å². The van der Waals surface area contributed by atoms with Crippen molar-refractivity contribution in [2.45, 2.75) is 37.5 Å². The van der Waals surface area contributed by atoms with Crippen molar-refractivity contribution < 1.29 is 12.8 Å². The Hall–Kier alpha value is -3.51. The Labute approximate surface area is 199 Å². The minimum Gasteiger partial charge on any atom is -0.314 e. The van der Waals surface area contributed by atoms with Crippen LogP contribution in [-0.2, 0) is 10.0 Å². The first kappa shape index (κ1) is 22.3. The van der Waals surface area contributed by atoms with Crippen molar-refractivity contribution in [1.82, 2.24) is 4.40 Å². The van der Waals surface area contributed by atoms with Crippen molar-refractivity contribution in [3.05, 3.63) is 113 Å². The minimum atomic E-state index is -4.08. The Bertz CT molecular complexity index is 1520. The molecule has 0 aliphatic heterocycles. The fraction of sp³-hybridized carbons (Fsp3) is 0.179. The summed E-state index contributed by atoms with van der Waals surface area (Å²) in [5.41, 5.74) is 6.29. The van der Waals surface area contributed by atoms with Gasteiger partial charge in [0.15, 0.2) is 0 Å². The number of rotatable bonds is 5. The molecule has 34 heavy (non-hydrogen) atoms. The van der Waals surface area contributed by atoms with Gasteiger partial charge in [-0.1, -0.05) is 42.5 Å². The maximum Gasteiger partial charge on any atom is 0.282 e. The molecule has 0 fully saturated rings. The molecule has 5 rings (SSSR count). The predicted octanol–water partition coefficient (Wildman–Crippen LogP) is 6.57. The summed E-state index contributed by atoms with van der Waals surface area (Å²) in [5, 5.41) is 0. The van der Waals surface area contributed by atoms with Gasteiger partial charge in [-0.3, -0.25) is 0 Å². The maximum absolute atomic E-state index is 13.4. The van der Waals surface area contributed by atoms with Crippen LogP contribution in [0.2, 0.25) is 0 Å². The van der Waals surface area contributed by atoms with E-state index < -0.39 is 15.8 Å². The fourth-order valence-electron chi connectivity index (χ4n) is 4.70. The number of hydrogen-bond donors (Lipinski definition) is 0. The quantitative estimate of drug-likeness (QED) is 0.309. The van der Waals surface area contributed by atoms with Crippen LogP contribution in [0.15, 0.2) is 94.4 Å². The lowest BCUT2D eigenvalue weighted by molar-refractivity contribution is 0.596. The second kappa shape index (κ2) is 9.03. The van der Waals surface area contributed by atoms with Crippen LogP contribution in [0, 0.1) is 12.7 Å². The molecule has 4 aromatic rings. The highest BCUT2D eigenvalue weighted by molar-refractivity contribution is 7.90. The number of fused-ring (bicyclic) bond motifs is 1. The van der Waals surface area contributed by atoms with Gasteiger partial charge in [0.05, 0.1) is 16.1 Å². The third kappa shape index (κ3) is 4.10. The van der Waals surface area contributed by atoms with Gasteiger partial charge in [0.2, 0.25) is 0 Å². The lowest BCUT2D eigenvalue weighted by Gasteiger charge is -2.13. The van der Waals surface area contributed by atoms with E-state index in [0.29, 0.717) is 11.3 Å². The maximum atomic E-state index is 13.4. The summed E-state index contributed by atoms with van der Waals surface area (Å²) in [6.45, 7) is 2.04. The largest absolute Gasteiger partial charge is 0.314 e. The Kier molecular flexibility index (Phi) is 5.92. The van der Waals surface area contributed by atoms with Crippen molar-refractivity contribution in [3.8, 4) is 0 Å². The molecule has 2 heterocycles. The Morgan fingerprint density at radius 3 is 2.38 bits per heavy atom.